The molecule has 2 aliphatic heterocycles. The summed E-state index contributed by atoms with van der Waals surface area (Å²) in [5.74, 6) is 1.91. The van der Waals surface area contributed by atoms with Crippen molar-refractivity contribution in [2.45, 2.75) is 47.5 Å². The van der Waals surface area contributed by atoms with Gasteiger partial charge in [0.2, 0.25) is 0 Å². The lowest BCUT2D eigenvalue weighted by Gasteiger charge is -2.34. The Morgan fingerprint density at radius 3 is 2.46 bits per heavy atom. The molecule has 2 aromatic carbocycles. The molecular formula is C32H36N2O3. The lowest BCUT2D eigenvalue weighted by atomic mass is 9.86. The number of carbonyl (C=O) groups is 1. The van der Waals surface area contributed by atoms with Gasteiger partial charge in [0.15, 0.2) is 5.43 Å². The molecule has 0 radical (unpaired) electrons. The lowest BCUT2D eigenvalue weighted by Crippen LogP contribution is -2.39. The predicted octanol–water partition coefficient (Wildman–Crippen LogP) is 7.12. The van der Waals surface area contributed by atoms with Crippen LogP contribution in [0, 0.1) is 25.7 Å². The first-order chi connectivity index (χ1) is 17.8. The summed E-state index contributed by atoms with van der Waals surface area (Å²) in [5, 5.41) is 4.33. The minimum absolute atomic E-state index is 0.0575. The van der Waals surface area contributed by atoms with E-state index in [1.807, 2.05) is 48.2 Å². The zero-order valence-electron chi connectivity index (χ0n) is 22.5. The van der Waals surface area contributed by atoms with Gasteiger partial charge in [-0.25, -0.2) is 0 Å². The van der Waals surface area contributed by atoms with Crippen LogP contribution in [0.1, 0.15) is 55.1 Å². The van der Waals surface area contributed by atoms with Crippen LogP contribution in [-0.2, 0) is 0 Å². The Bertz CT molecular complexity index is 1490. The maximum atomic E-state index is 13.9. The summed E-state index contributed by atoms with van der Waals surface area (Å²) >= 11 is 0. The smallest absolute Gasteiger partial charge is 0.254 e. The minimum Gasteiger partial charge on any atom is -0.456 e. The predicted molar refractivity (Wildman–Crippen MR) is 152 cm³/mol. The van der Waals surface area contributed by atoms with Crippen molar-refractivity contribution in [3.05, 3.63) is 75.4 Å². The molecule has 1 N–H and O–H groups in total. The van der Waals surface area contributed by atoms with Crippen LogP contribution in [0.2, 0.25) is 0 Å². The van der Waals surface area contributed by atoms with Crippen molar-refractivity contribution in [3.63, 3.8) is 0 Å². The van der Waals surface area contributed by atoms with Crippen molar-refractivity contribution in [2.24, 2.45) is 11.8 Å². The monoisotopic (exact) mass is 496 g/mol. The maximum Gasteiger partial charge on any atom is 0.254 e. The van der Waals surface area contributed by atoms with Crippen LogP contribution >= 0.6 is 0 Å². The van der Waals surface area contributed by atoms with Crippen molar-refractivity contribution in [3.8, 4) is 22.5 Å². The molecule has 0 spiro atoms. The number of hydrogen-bond donors (Lipinski definition) is 1. The van der Waals surface area contributed by atoms with Crippen LogP contribution in [0.15, 0.2) is 57.7 Å². The lowest BCUT2D eigenvalue weighted by molar-refractivity contribution is 0.0668. The molecule has 37 heavy (non-hydrogen) atoms. The molecule has 2 heterocycles. The highest BCUT2D eigenvalue weighted by Gasteiger charge is 2.28. The summed E-state index contributed by atoms with van der Waals surface area (Å²) in [5.41, 5.74) is 6.73. The van der Waals surface area contributed by atoms with Crippen LogP contribution in [0.5, 0.6) is 0 Å². The zero-order chi connectivity index (χ0) is 26.3. The van der Waals surface area contributed by atoms with Crippen LogP contribution in [-0.4, -0.2) is 30.4 Å². The van der Waals surface area contributed by atoms with Crippen molar-refractivity contribution in [1.82, 2.24) is 4.90 Å². The number of piperidine rings is 1. The molecule has 5 heteroatoms. The Balaban J connectivity index is 1.71. The molecule has 5 rings (SSSR count). The quantitative estimate of drug-likeness (QED) is 0.299. The summed E-state index contributed by atoms with van der Waals surface area (Å²) in [4.78, 5) is 28.5. The number of nitrogens with zero attached hydrogens (tertiary/aromatic N) is 1. The largest absolute Gasteiger partial charge is 0.456 e. The summed E-state index contributed by atoms with van der Waals surface area (Å²) in [6.07, 6.45) is 2.08. The number of nitrogens with one attached hydrogen (secondary N) is 1. The first-order valence-corrected chi connectivity index (χ1v) is 13.4. The average Bonchev–Trinajstić information content (AvgIpc) is 2.89. The number of amides is 1. The van der Waals surface area contributed by atoms with Crippen LogP contribution in [0.3, 0.4) is 0 Å². The third-order valence-electron chi connectivity index (χ3n) is 7.93. The standard InChI is InChI=1S/C32H36N2O3/c1-6-33-27-17-29-25(15-20(27)4)31(26-16-21(5)28(35)18-30(26)37-29)23-9-7-8-10-24(23)32(36)34-13-11-22(12-14-34)19(2)3/h7-10,15-19,22,33H,6,11-14H2,1-5H3. The summed E-state index contributed by atoms with van der Waals surface area (Å²) in [6.45, 7) is 12.9. The molecule has 0 bridgehead atoms. The van der Waals surface area contributed by atoms with E-state index >= 15 is 0 Å². The van der Waals surface area contributed by atoms with Gasteiger partial charge in [0.25, 0.3) is 5.91 Å². The number of anilines is 1. The van der Waals surface area contributed by atoms with E-state index in [0.717, 1.165) is 65.8 Å². The number of benzene rings is 3. The molecule has 1 aliphatic carbocycles. The normalized spacial score (nSPS) is 14.6. The molecule has 1 saturated heterocycles. The Morgan fingerprint density at radius 1 is 1.03 bits per heavy atom. The van der Waals surface area contributed by atoms with Crippen LogP contribution < -0.4 is 10.7 Å². The van der Waals surface area contributed by atoms with Crippen LogP contribution in [0.25, 0.3) is 33.4 Å². The highest BCUT2D eigenvalue weighted by molar-refractivity contribution is 6.09. The molecule has 3 aliphatic rings. The molecule has 0 aromatic heterocycles. The fourth-order valence-corrected chi connectivity index (χ4v) is 5.68. The van der Waals surface area contributed by atoms with Gasteiger partial charge >= 0.3 is 0 Å². The van der Waals surface area contributed by atoms with E-state index < -0.39 is 0 Å². The number of rotatable bonds is 5. The molecule has 5 nitrogen and oxygen atoms in total. The minimum atomic E-state index is -0.0575. The van der Waals surface area contributed by atoms with Gasteiger partial charge in [-0.2, -0.15) is 0 Å². The van der Waals surface area contributed by atoms with Gasteiger partial charge in [-0.3, -0.25) is 9.59 Å². The van der Waals surface area contributed by atoms with Gasteiger partial charge in [0.05, 0.1) is 0 Å². The molecule has 1 amide bonds. The van der Waals surface area contributed by atoms with Crippen molar-refractivity contribution in [1.29, 1.82) is 0 Å². The highest BCUT2D eigenvalue weighted by Crippen LogP contribution is 2.43. The van der Waals surface area contributed by atoms with Gasteiger partial charge in [-0.15, -0.1) is 0 Å². The van der Waals surface area contributed by atoms with E-state index in [-0.39, 0.29) is 11.3 Å². The Hall–Kier alpha value is -3.60. The van der Waals surface area contributed by atoms with Crippen molar-refractivity contribution < 1.29 is 9.21 Å². The van der Waals surface area contributed by atoms with E-state index in [0.29, 0.717) is 34.3 Å². The number of hydrogen-bond acceptors (Lipinski definition) is 4. The molecule has 192 valence electrons. The van der Waals surface area contributed by atoms with E-state index in [4.69, 9.17) is 4.42 Å². The van der Waals surface area contributed by atoms with E-state index in [1.54, 1.807) is 6.07 Å². The summed E-state index contributed by atoms with van der Waals surface area (Å²) < 4.78 is 6.30. The molecule has 1 fully saturated rings. The van der Waals surface area contributed by atoms with E-state index in [2.05, 4.69) is 39.1 Å². The van der Waals surface area contributed by atoms with Gasteiger partial charge < -0.3 is 14.6 Å². The first kappa shape index (κ1) is 25.1. The van der Waals surface area contributed by atoms with Gasteiger partial charge in [-0.05, 0) is 80.3 Å². The molecular weight excluding hydrogens is 460 g/mol. The summed E-state index contributed by atoms with van der Waals surface area (Å²) in [7, 11) is 0. The van der Waals surface area contributed by atoms with Crippen molar-refractivity contribution >= 4 is 22.6 Å². The maximum absolute atomic E-state index is 13.9. The Morgan fingerprint density at radius 2 is 1.76 bits per heavy atom. The van der Waals surface area contributed by atoms with Gasteiger partial charge in [0, 0.05) is 59.5 Å². The number of aryl methyl sites for hydroxylation is 2. The third kappa shape index (κ3) is 4.63. The third-order valence-corrected chi connectivity index (χ3v) is 7.93. The topological polar surface area (TPSA) is 62.6 Å². The van der Waals surface area contributed by atoms with E-state index in [9.17, 15) is 9.59 Å². The second-order valence-corrected chi connectivity index (χ2v) is 10.7. The first-order valence-electron chi connectivity index (χ1n) is 13.4. The highest BCUT2D eigenvalue weighted by atomic mass is 16.3. The molecule has 0 saturated carbocycles. The Labute approximate surface area is 218 Å². The number of fused-ring (bicyclic) bond motifs is 2. The summed E-state index contributed by atoms with van der Waals surface area (Å²) in [6, 6.07) is 15.5. The molecule has 0 unspecified atom stereocenters. The Kier molecular flexibility index (Phi) is 6.80. The molecule has 0 atom stereocenters. The number of likely N-dealkylation sites (tertiary alicyclic amines) is 1. The molecule has 2 aromatic rings. The zero-order valence-corrected chi connectivity index (χ0v) is 22.5. The van der Waals surface area contributed by atoms with E-state index in [1.165, 1.54) is 0 Å². The fraction of sp³-hybridized carbons (Fsp3) is 0.375. The van der Waals surface area contributed by atoms with Gasteiger partial charge in [0.1, 0.15) is 11.3 Å². The fourth-order valence-electron chi connectivity index (χ4n) is 5.68. The van der Waals surface area contributed by atoms with Gasteiger partial charge in [-0.1, -0.05) is 32.0 Å². The van der Waals surface area contributed by atoms with Crippen LogP contribution in [0.4, 0.5) is 5.69 Å². The average molecular weight is 497 g/mol. The SMILES string of the molecule is CCNc1cc2oc3cc(=O)c(C)cc-3c(-c3ccccc3C(=O)N3CCC(C(C)C)CC3)c2cc1C. The number of carbonyl (C=O) groups excluding carboxylic acids is 1. The second kappa shape index (κ2) is 10.0. The van der Waals surface area contributed by atoms with Crippen molar-refractivity contribution in [2.75, 3.05) is 25.0 Å². The second-order valence-electron chi connectivity index (χ2n) is 10.7.